The lowest BCUT2D eigenvalue weighted by Crippen LogP contribution is -2.51. The summed E-state index contributed by atoms with van der Waals surface area (Å²) in [5.41, 5.74) is 0.546. The smallest absolute Gasteiger partial charge is 0.256 e. The lowest BCUT2D eigenvalue weighted by molar-refractivity contribution is -0.138. The molecular formula is C20H20BrN3O5S. The maximum absolute atomic E-state index is 12.6. The van der Waals surface area contributed by atoms with Crippen molar-refractivity contribution in [2.24, 2.45) is 5.14 Å². The summed E-state index contributed by atoms with van der Waals surface area (Å²) in [7, 11) is -3.95. The summed E-state index contributed by atoms with van der Waals surface area (Å²) in [6.07, 6.45) is 1.23. The number of nitrogens with two attached hydrogens (primary N) is 1. The molecule has 10 heteroatoms. The van der Waals surface area contributed by atoms with Crippen molar-refractivity contribution in [1.82, 2.24) is 5.32 Å². The number of rotatable bonds is 5. The normalized spacial score (nSPS) is 19.3. The van der Waals surface area contributed by atoms with Crippen molar-refractivity contribution < 1.29 is 22.8 Å². The average Bonchev–Trinajstić information content (AvgIpc) is 2.68. The van der Waals surface area contributed by atoms with Crippen LogP contribution in [-0.4, -0.2) is 26.1 Å². The van der Waals surface area contributed by atoms with Crippen LogP contribution < -0.4 is 15.8 Å². The van der Waals surface area contributed by atoms with Crippen molar-refractivity contribution >= 4 is 49.4 Å². The number of hydrogen-bond donors (Lipinski definition) is 3. The number of sulfonamides is 1. The van der Waals surface area contributed by atoms with Gasteiger partial charge in [-0.15, -0.1) is 0 Å². The fraction of sp³-hybridized carbons (Fsp3) is 0.250. The van der Waals surface area contributed by atoms with Crippen molar-refractivity contribution in [1.29, 1.82) is 0 Å². The summed E-state index contributed by atoms with van der Waals surface area (Å²) in [6, 6.07) is 10.7. The zero-order valence-corrected chi connectivity index (χ0v) is 18.5. The van der Waals surface area contributed by atoms with E-state index >= 15 is 0 Å². The average molecular weight is 494 g/mol. The van der Waals surface area contributed by atoms with E-state index in [9.17, 15) is 22.8 Å². The first-order chi connectivity index (χ1) is 14.1. The molecule has 1 aliphatic rings. The molecule has 158 valence electrons. The summed E-state index contributed by atoms with van der Waals surface area (Å²) in [4.78, 5) is 36.5. The molecule has 1 heterocycles. The molecule has 1 saturated heterocycles. The van der Waals surface area contributed by atoms with Crippen LogP contribution in [-0.2, 0) is 25.0 Å². The van der Waals surface area contributed by atoms with Crippen LogP contribution in [0.25, 0.3) is 0 Å². The molecule has 30 heavy (non-hydrogen) atoms. The molecule has 0 radical (unpaired) electrons. The number of piperidine rings is 1. The van der Waals surface area contributed by atoms with Gasteiger partial charge in [-0.3, -0.25) is 19.7 Å². The Labute approximate surface area is 182 Å². The topological polar surface area (TPSA) is 135 Å². The van der Waals surface area contributed by atoms with E-state index in [0.717, 1.165) is 5.56 Å². The minimum Gasteiger partial charge on any atom is -0.322 e. The molecule has 2 aromatic rings. The maximum Gasteiger partial charge on any atom is 0.256 e. The zero-order chi connectivity index (χ0) is 22.1. The summed E-state index contributed by atoms with van der Waals surface area (Å²) < 4.78 is 23.5. The van der Waals surface area contributed by atoms with Gasteiger partial charge in [-0.1, -0.05) is 19.1 Å². The monoisotopic (exact) mass is 493 g/mol. The van der Waals surface area contributed by atoms with Crippen LogP contribution in [0.5, 0.6) is 0 Å². The Morgan fingerprint density at radius 1 is 1.20 bits per heavy atom. The largest absolute Gasteiger partial charge is 0.322 e. The van der Waals surface area contributed by atoms with Gasteiger partial charge in [-0.25, -0.2) is 13.6 Å². The number of imide groups is 1. The van der Waals surface area contributed by atoms with Crippen LogP contribution >= 0.6 is 15.9 Å². The van der Waals surface area contributed by atoms with Gasteiger partial charge in [0.2, 0.25) is 21.8 Å². The number of primary sulfonamides is 1. The number of benzene rings is 2. The Morgan fingerprint density at radius 2 is 1.87 bits per heavy atom. The lowest BCUT2D eigenvalue weighted by Gasteiger charge is -2.35. The highest BCUT2D eigenvalue weighted by Crippen LogP contribution is 2.36. The fourth-order valence-corrected chi connectivity index (χ4v) is 4.46. The van der Waals surface area contributed by atoms with Gasteiger partial charge in [-0.05, 0) is 64.7 Å². The molecule has 1 fully saturated rings. The van der Waals surface area contributed by atoms with Crippen LogP contribution in [0, 0.1) is 0 Å². The number of amides is 3. The van der Waals surface area contributed by atoms with Crippen LogP contribution in [0.1, 0.15) is 42.1 Å². The van der Waals surface area contributed by atoms with Gasteiger partial charge in [-0.2, -0.15) is 0 Å². The van der Waals surface area contributed by atoms with Gasteiger partial charge >= 0.3 is 0 Å². The van der Waals surface area contributed by atoms with Crippen LogP contribution in [0.3, 0.4) is 0 Å². The third-order valence-corrected chi connectivity index (χ3v) is 6.88. The molecule has 8 nitrogen and oxygen atoms in total. The van der Waals surface area contributed by atoms with E-state index in [4.69, 9.17) is 5.14 Å². The predicted molar refractivity (Wildman–Crippen MR) is 114 cm³/mol. The summed E-state index contributed by atoms with van der Waals surface area (Å²) in [5.74, 6) is -1.12. The number of halogens is 1. The molecule has 0 saturated carbocycles. The molecule has 1 unspecified atom stereocenters. The molecule has 3 rings (SSSR count). The third-order valence-electron chi connectivity index (χ3n) is 5.28. The number of carbonyl (C=O) groups excluding carboxylic acids is 3. The Hall–Kier alpha value is -2.56. The molecule has 1 atom stereocenters. The van der Waals surface area contributed by atoms with Crippen molar-refractivity contribution in [2.75, 3.05) is 5.32 Å². The molecule has 4 N–H and O–H groups in total. The highest BCUT2D eigenvalue weighted by Gasteiger charge is 2.42. The minimum atomic E-state index is -3.95. The summed E-state index contributed by atoms with van der Waals surface area (Å²) in [5, 5.41) is 10.2. The van der Waals surface area contributed by atoms with E-state index in [1.54, 1.807) is 24.3 Å². The molecule has 0 aromatic heterocycles. The Balaban J connectivity index is 1.83. The molecule has 0 spiro atoms. The second kappa shape index (κ2) is 8.29. The zero-order valence-electron chi connectivity index (χ0n) is 16.1. The molecule has 2 aromatic carbocycles. The van der Waals surface area contributed by atoms with E-state index in [-0.39, 0.29) is 28.7 Å². The van der Waals surface area contributed by atoms with Gasteiger partial charge in [0.25, 0.3) is 5.91 Å². The molecule has 0 bridgehead atoms. The number of nitrogens with one attached hydrogen (secondary N) is 2. The standard InChI is InChI=1S/C20H20BrN3O5S/c1-2-20(10-9-17(25)24-19(20)27)12-3-5-13(6-4-12)23-18(26)15-11-14(30(22,28)29)7-8-16(15)21/h3-8,11H,2,9-10H2,1H3,(H,23,26)(H2,22,28,29)(H,24,25,27). The number of carbonyl (C=O) groups is 3. The van der Waals surface area contributed by atoms with E-state index in [1.807, 2.05) is 6.92 Å². The van der Waals surface area contributed by atoms with E-state index in [1.165, 1.54) is 18.2 Å². The highest BCUT2D eigenvalue weighted by atomic mass is 79.9. The minimum absolute atomic E-state index is 0.112. The molecule has 3 amide bonds. The molecular weight excluding hydrogens is 474 g/mol. The van der Waals surface area contributed by atoms with E-state index in [0.29, 0.717) is 23.0 Å². The Morgan fingerprint density at radius 3 is 2.43 bits per heavy atom. The van der Waals surface area contributed by atoms with Crippen molar-refractivity contribution in [3.05, 3.63) is 58.1 Å². The van der Waals surface area contributed by atoms with E-state index < -0.39 is 21.3 Å². The van der Waals surface area contributed by atoms with Crippen molar-refractivity contribution in [2.45, 2.75) is 36.5 Å². The van der Waals surface area contributed by atoms with Gasteiger partial charge in [0.1, 0.15) is 0 Å². The van der Waals surface area contributed by atoms with Crippen molar-refractivity contribution in [3.63, 3.8) is 0 Å². The summed E-state index contributed by atoms with van der Waals surface area (Å²) >= 11 is 3.23. The summed E-state index contributed by atoms with van der Waals surface area (Å²) in [6.45, 7) is 1.89. The molecule has 1 aliphatic heterocycles. The first-order valence-corrected chi connectivity index (χ1v) is 11.5. The first kappa shape index (κ1) is 22.1. The van der Waals surface area contributed by atoms with E-state index in [2.05, 4.69) is 26.6 Å². The lowest BCUT2D eigenvalue weighted by atomic mass is 9.72. The van der Waals surface area contributed by atoms with Gasteiger partial charge in [0.05, 0.1) is 15.9 Å². The molecule has 0 aliphatic carbocycles. The highest BCUT2D eigenvalue weighted by molar-refractivity contribution is 9.10. The van der Waals surface area contributed by atoms with Crippen LogP contribution in [0.15, 0.2) is 51.8 Å². The second-order valence-electron chi connectivity index (χ2n) is 7.03. The van der Waals surface area contributed by atoms with Gasteiger partial charge < -0.3 is 5.32 Å². The van der Waals surface area contributed by atoms with Gasteiger partial charge in [0, 0.05) is 16.6 Å². The van der Waals surface area contributed by atoms with Crippen LogP contribution in [0.4, 0.5) is 5.69 Å². The predicted octanol–water partition coefficient (Wildman–Crippen LogP) is 2.43. The second-order valence-corrected chi connectivity index (χ2v) is 9.45. The quantitative estimate of drug-likeness (QED) is 0.549. The SMILES string of the molecule is CCC1(c2ccc(NC(=O)c3cc(S(N)(=O)=O)ccc3Br)cc2)CCC(=O)NC1=O. The van der Waals surface area contributed by atoms with Crippen molar-refractivity contribution in [3.8, 4) is 0 Å². The van der Waals surface area contributed by atoms with Gasteiger partial charge in [0.15, 0.2) is 0 Å². The third kappa shape index (κ3) is 4.30. The number of hydrogen-bond acceptors (Lipinski definition) is 5. The first-order valence-electron chi connectivity index (χ1n) is 9.15. The maximum atomic E-state index is 12.6. The number of anilines is 1. The van der Waals surface area contributed by atoms with Crippen LogP contribution in [0.2, 0.25) is 0 Å². The Bertz CT molecular complexity index is 1130. The Kier molecular flexibility index (Phi) is 6.11. The fourth-order valence-electron chi connectivity index (χ4n) is 3.49.